The van der Waals surface area contributed by atoms with Gasteiger partial charge in [0.05, 0.1) is 28.4 Å². The van der Waals surface area contributed by atoms with Crippen molar-refractivity contribution in [1.82, 2.24) is 31.2 Å². The van der Waals surface area contributed by atoms with E-state index in [0.717, 1.165) is 60.8 Å². The number of nitrogens with zero attached hydrogens (tertiary/aromatic N) is 2. The highest BCUT2D eigenvalue weighted by Gasteiger charge is 2.33. The van der Waals surface area contributed by atoms with Crippen LogP contribution in [0, 0.1) is 5.92 Å². The number of ether oxygens (including phenoxy) is 1. The molecule has 10 nitrogen and oxygen atoms in total. The molecule has 0 unspecified atom stereocenters. The average molecular weight is 573 g/mol. The van der Waals surface area contributed by atoms with Crippen LogP contribution in [0.15, 0.2) is 18.2 Å². The predicted molar refractivity (Wildman–Crippen MR) is 157 cm³/mol. The number of nitrogens with one attached hydrogen (secondary N) is 4. The van der Waals surface area contributed by atoms with Gasteiger partial charge in [-0.3, -0.25) is 19.3 Å². The third-order valence-corrected chi connectivity index (χ3v) is 8.78. The van der Waals surface area contributed by atoms with Crippen LogP contribution < -0.4 is 21.3 Å². The maximum atomic E-state index is 13.7. The van der Waals surface area contributed by atoms with Gasteiger partial charge in [-0.1, -0.05) is 26.8 Å². The largest absolute Gasteiger partial charge is 0.379 e. The summed E-state index contributed by atoms with van der Waals surface area (Å²) in [5.41, 5.74) is 2.12. The zero-order valence-corrected chi connectivity index (χ0v) is 24.8. The topological polar surface area (TPSA) is 125 Å². The highest BCUT2D eigenvalue weighted by molar-refractivity contribution is 7.18. The Morgan fingerprint density at radius 1 is 1.12 bits per heavy atom. The fraction of sp³-hybridized carbons (Fsp3) is 0.655. The van der Waals surface area contributed by atoms with E-state index in [1.54, 1.807) is 18.3 Å². The second-order valence-corrected chi connectivity index (χ2v) is 12.1. The van der Waals surface area contributed by atoms with Crippen LogP contribution in [0.25, 0.3) is 10.2 Å². The minimum absolute atomic E-state index is 0.0213. The molecule has 0 bridgehead atoms. The molecule has 2 fully saturated rings. The summed E-state index contributed by atoms with van der Waals surface area (Å²) in [5.74, 6) is -0.305. The quantitative estimate of drug-likeness (QED) is 0.306. The van der Waals surface area contributed by atoms with E-state index in [1.165, 1.54) is 5.56 Å². The van der Waals surface area contributed by atoms with Gasteiger partial charge in [0.25, 0.3) is 0 Å². The molecule has 0 spiro atoms. The van der Waals surface area contributed by atoms with Crippen molar-refractivity contribution in [2.24, 2.45) is 5.92 Å². The Hall–Kier alpha value is -2.60. The molecular formula is C29H44N6O4S. The number of piperidine rings is 1. The van der Waals surface area contributed by atoms with E-state index in [4.69, 9.17) is 9.72 Å². The molecule has 1 aromatic carbocycles. The van der Waals surface area contributed by atoms with Crippen LogP contribution in [0.5, 0.6) is 0 Å². The smallest absolute Gasteiger partial charge is 0.243 e. The molecule has 2 aliphatic heterocycles. The molecule has 2 aliphatic rings. The molecular weight excluding hydrogens is 528 g/mol. The number of hydrogen-bond acceptors (Lipinski definition) is 8. The molecule has 1 aromatic heterocycles. The second kappa shape index (κ2) is 14.9. The van der Waals surface area contributed by atoms with Gasteiger partial charge < -0.3 is 26.0 Å². The maximum Gasteiger partial charge on any atom is 0.243 e. The Bertz CT molecular complexity index is 1140. The number of benzene rings is 1. The molecule has 4 rings (SSSR count). The molecule has 2 saturated heterocycles. The Morgan fingerprint density at radius 2 is 1.88 bits per heavy atom. The summed E-state index contributed by atoms with van der Waals surface area (Å²) < 4.78 is 6.47. The van der Waals surface area contributed by atoms with Gasteiger partial charge in [0.1, 0.15) is 12.1 Å². The molecule has 11 heteroatoms. The summed E-state index contributed by atoms with van der Waals surface area (Å²) in [6, 6.07) is 4.77. The zero-order chi connectivity index (χ0) is 28.5. The number of aromatic nitrogens is 1. The van der Waals surface area contributed by atoms with E-state index in [9.17, 15) is 14.4 Å². The van der Waals surface area contributed by atoms with Crippen molar-refractivity contribution in [1.29, 1.82) is 0 Å². The molecule has 0 aliphatic carbocycles. The van der Waals surface area contributed by atoms with Crippen LogP contribution >= 0.6 is 11.3 Å². The maximum absolute atomic E-state index is 13.7. The summed E-state index contributed by atoms with van der Waals surface area (Å²) >= 11 is 1.54. The number of carbonyl (C=O) groups is 3. The monoisotopic (exact) mass is 572 g/mol. The number of fused-ring (bicyclic) bond motifs is 1. The lowest BCUT2D eigenvalue weighted by atomic mass is 9.89. The van der Waals surface area contributed by atoms with Crippen molar-refractivity contribution < 1.29 is 19.1 Å². The first kappa shape index (κ1) is 30.4. The first-order chi connectivity index (χ1) is 19.3. The number of hydrogen-bond donors (Lipinski definition) is 4. The van der Waals surface area contributed by atoms with E-state index in [2.05, 4.69) is 52.1 Å². The van der Waals surface area contributed by atoms with Crippen molar-refractivity contribution in [2.45, 2.75) is 64.5 Å². The average Bonchev–Trinajstić information content (AvgIpc) is 3.38. The van der Waals surface area contributed by atoms with Crippen LogP contribution in [-0.2, 0) is 25.5 Å². The summed E-state index contributed by atoms with van der Waals surface area (Å²) in [6.45, 7) is 12.1. The third kappa shape index (κ3) is 8.45. The third-order valence-electron chi connectivity index (χ3n) is 7.74. The fourth-order valence-corrected chi connectivity index (χ4v) is 6.28. The normalized spacial score (nSPS) is 18.4. The van der Waals surface area contributed by atoms with Gasteiger partial charge in [0.15, 0.2) is 0 Å². The summed E-state index contributed by atoms with van der Waals surface area (Å²) in [7, 11) is 0. The summed E-state index contributed by atoms with van der Waals surface area (Å²) in [4.78, 5) is 46.5. The molecule has 0 saturated carbocycles. The van der Waals surface area contributed by atoms with Crippen LogP contribution in [0.1, 0.15) is 56.5 Å². The van der Waals surface area contributed by atoms with Crippen molar-refractivity contribution in [3.8, 4) is 0 Å². The second-order valence-electron chi connectivity index (χ2n) is 11.0. The zero-order valence-electron chi connectivity index (χ0n) is 24.0. The fourth-order valence-electron chi connectivity index (χ4n) is 5.22. The van der Waals surface area contributed by atoms with Crippen molar-refractivity contribution >= 4 is 39.3 Å². The highest BCUT2D eigenvalue weighted by Crippen LogP contribution is 2.27. The lowest BCUT2D eigenvalue weighted by Crippen LogP contribution is -2.58. The molecule has 2 atom stereocenters. The van der Waals surface area contributed by atoms with Gasteiger partial charge in [0, 0.05) is 39.0 Å². The predicted octanol–water partition coefficient (Wildman–Crippen LogP) is 1.79. The number of amides is 3. The van der Waals surface area contributed by atoms with E-state index in [1.807, 2.05) is 6.07 Å². The van der Waals surface area contributed by atoms with Crippen molar-refractivity contribution in [2.75, 3.05) is 52.5 Å². The van der Waals surface area contributed by atoms with Crippen LogP contribution in [0.3, 0.4) is 0 Å². The van der Waals surface area contributed by atoms with Crippen LogP contribution in [0.2, 0.25) is 0 Å². The van der Waals surface area contributed by atoms with E-state index >= 15 is 0 Å². The SMILES string of the molecule is CCC(=O)N[C@@H](Cc1nc2ccc(C(C)C)cc2s1)C(=O)N[C@H](C(=O)NCCN1CCOCC1)C1CCNCC1. The molecule has 3 amide bonds. The Kier molecular flexibility index (Phi) is 11.3. The standard InChI is InChI=1S/C29H44N6O4S/c1-4-25(36)32-23(18-26-33-22-6-5-21(19(2)3)17-24(22)40-26)28(37)34-27(20-7-9-30-10-8-20)29(38)31-11-12-35-13-15-39-16-14-35/h5-6,17,19-20,23,27,30H,4,7-16,18H2,1-3H3,(H,31,38)(H,32,36)(H,34,37)/t23-,27-/m0/s1. The highest BCUT2D eigenvalue weighted by atomic mass is 32.1. The van der Waals surface area contributed by atoms with E-state index in [-0.39, 0.29) is 36.5 Å². The first-order valence-corrected chi connectivity index (χ1v) is 15.4. The minimum Gasteiger partial charge on any atom is -0.379 e. The molecule has 0 radical (unpaired) electrons. The number of carbonyl (C=O) groups excluding carboxylic acids is 3. The lowest BCUT2D eigenvalue weighted by Gasteiger charge is -2.32. The van der Waals surface area contributed by atoms with E-state index < -0.39 is 12.1 Å². The van der Waals surface area contributed by atoms with Gasteiger partial charge in [0.2, 0.25) is 17.7 Å². The van der Waals surface area contributed by atoms with Crippen molar-refractivity contribution in [3.05, 3.63) is 28.8 Å². The lowest BCUT2D eigenvalue weighted by molar-refractivity contribution is -0.133. The number of rotatable bonds is 12. The van der Waals surface area contributed by atoms with Gasteiger partial charge in [-0.25, -0.2) is 4.98 Å². The van der Waals surface area contributed by atoms with Crippen LogP contribution in [0.4, 0.5) is 0 Å². The van der Waals surface area contributed by atoms with E-state index in [0.29, 0.717) is 25.7 Å². The van der Waals surface area contributed by atoms with Gasteiger partial charge in [-0.15, -0.1) is 11.3 Å². The molecule has 3 heterocycles. The number of thiazole rings is 1. The Balaban J connectivity index is 1.46. The summed E-state index contributed by atoms with van der Waals surface area (Å²) in [5, 5.41) is 13.1. The summed E-state index contributed by atoms with van der Waals surface area (Å²) in [6.07, 6.45) is 2.13. The number of morpholine rings is 1. The Morgan fingerprint density at radius 3 is 2.58 bits per heavy atom. The molecule has 2 aromatic rings. The van der Waals surface area contributed by atoms with Crippen LogP contribution in [-0.4, -0.2) is 92.2 Å². The Labute approximate surface area is 241 Å². The molecule has 40 heavy (non-hydrogen) atoms. The molecule has 220 valence electrons. The first-order valence-electron chi connectivity index (χ1n) is 14.6. The van der Waals surface area contributed by atoms with Gasteiger partial charge >= 0.3 is 0 Å². The molecule has 4 N–H and O–H groups in total. The minimum atomic E-state index is -0.817. The van der Waals surface area contributed by atoms with Gasteiger partial charge in [-0.05, 0) is 55.5 Å². The van der Waals surface area contributed by atoms with Crippen molar-refractivity contribution in [3.63, 3.8) is 0 Å². The van der Waals surface area contributed by atoms with Gasteiger partial charge in [-0.2, -0.15) is 0 Å².